The average Bonchev–Trinajstić information content (AvgIpc) is 3.02. The van der Waals surface area contributed by atoms with Gasteiger partial charge in [-0.15, -0.1) is 11.3 Å². The summed E-state index contributed by atoms with van der Waals surface area (Å²) in [5.41, 5.74) is 3.38. The Bertz CT molecular complexity index is 857. The highest BCUT2D eigenvalue weighted by atomic mass is 32.1. The van der Waals surface area contributed by atoms with Crippen molar-refractivity contribution in [2.24, 2.45) is 0 Å². The van der Waals surface area contributed by atoms with E-state index in [9.17, 15) is 4.79 Å². The van der Waals surface area contributed by atoms with Crippen molar-refractivity contribution in [3.05, 3.63) is 70.5 Å². The maximum absolute atomic E-state index is 12.0. The number of thiocarbonyl (C=S) groups is 1. The number of carbonyl (C=O) groups is 1. The van der Waals surface area contributed by atoms with Gasteiger partial charge in [-0.3, -0.25) is 10.1 Å². The topological polar surface area (TPSA) is 54.0 Å². The van der Waals surface area contributed by atoms with E-state index < -0.39 is 0 Å². The number of hydrogen-bond acceptors (Lipinski definition) is 4. The van der Waals surface area contributed by atoms with Gasteiger partial charge in [0.25, 0.3) is 5.91 Å². The number of nitrogens with zero attached hydrogens (tertiary/aromatic N) is 1. The molecule has 0 saturated heterocycles. The zero-order chi connectivity index (χ0) is 16.9. The Morgan fingerprint density at radius 1 is 1.08 bits per heavy atom. The van der Waals surface area contributed by atoms with Gasteiger partial charge in [0.05, 0.1) is 10.7 Å². The first kappa shape index (κ1) is 16.3. The van der Waals surface area contributed by atoms with Crippen molar-refractivity contribution in [2.75, 3.05) is 5.32 Å². The fraction of sp³-hybridized carbons (Fsp3) is 0.0556. The summed E-state index contributed by atoms with van der Waals surface area (Å²) >= 11 is 6.81. The van der Waals surface area contributed by atoms with Crippen LogP contribution in [-0.4, -0.2) is 16.0 Å². The van der Waals surface area contributed by atoms with Crippen LogP contribution in [0.1, 0.15) is 15.4 Å². The third kappa shape index (κ3) is 4.04. The summed E-state index contributed by atoms with van der Waals surface area (Å²) in [5, 5.41) is 9.01. The smallest absolute Gasteiger partial charge is 0.257 e. The number of aryl methyl sites for hydroxylation is 1. The summed E-state index contributed by atoms with van der Waals surface area (Å²) in [6.07, 6.45) is 0. The van der Waals surface area contributed by atoms with E-state index in [1.165, 1.54) is 0 Å². The lowest BCUT2D eigenvalue weighted by atomic mass is 10.1. The Balaban J connectivity index is 1.61. The minimum Gasteiger partial charge on any atom is -0.332 e. The van der Waals surface area contributed by atoms with Crippen LogP contribution in [0.3, 0.4) is 0 Å². The molecule has 0 aliphatic carbocycles. The van der Waals surface area contributed by atoms with Gasteiger partial charge in [-0.1, -0.05) is 30.3 Å². The molecule has 0 radical (unpaired) electrons. The van der Waals surface area contributed by atoms with Crippen LogP contribution < -0.4 is 10.6 Å². The summed E-state index contributed by atoms with van der Waals surface area (Å²) in [6.45, 7) is 1.98. The zero-order valence-corrected chi connectivity index (χ0v) is 14.6. The number of hydrogen-bond donors (Lipinski definition) is 2. The van der Waals surface area contributed by atoms with E-state index in [0.717, 1.165) is 22.0 Å². The molecule has 2 aromatic carbocycles. The molecule has 0 atom stereocenters. The summed E-state index contributed by atoms with van der Waals surface area (Å²) in [5.74, 6) is -0.234. The number of benzene rings is 2. The van der Waals surface area contributed by atoms with Gasteiger partial charge in [0.1, 0.15) is 0 Å². The highest BCUT2D eigenvalue weighted by Crippen LogP contribution is 2.23. The van der Waals surface area contributed by atoms with E-state index in [1.54, 1.807) is 23.5 Å². The number of nitrogens with one attached hydrogen (secondary N) is 2. The van der Waals surface area contributed by atoms with E-state index in [2.05, 4.69) is 15.6 Å². The van der Waals surface area contributed by atoms with Gasteiger partial charge < -0.3 is 5.32 Å². The Kier molecular flexibility index (Phi) is 4.98. The van der Waals surface area contributed by atoms with Gasteiger partial charge >= 0.3 is 0 Å². The minimum absolute atomic E-state index is 0.234. The first-order valence-corrected chi connectivity index (χ1v) is 8.60. The first-order chi connectivity index (χ1) is 11.6. The van der Waals surface area contributed by atoms with Crippen molar-refractivity contribution in [1.82, 2.24) is 10.3 Å². The molecule has 4 nitrogen and oxygen atoms in total. The van der Waals surface area contributed by atoms with E-state index in [-0.39, 0.29) is 11.0 Å². The molecule has 3 aromatic rings. The third-order valence-corrected chi connectivity index (χ3v) is 4.30. The maximum Gasteiger partial charge on any atom is 0.257 e. The lowest BCUT2D eigenvalue weighted by Gasteiger charge is -2.10. The monoisotopic (exact) mass is 353 g/mol. The third-order valence-electron chi connectivity index (χ3n) is 3.32. The zero-order valence-electron chi connectivity index (χ0n) is 12.9. The van der Waals surface area contributed by atoms with Crippen molar-refractivity contribution >= 4 is 40.3 Å². The second kappa shape index (κ2) is 7.33. The van der Waals surface area contributed by atoms with Crippen LogP contribution in [0.25, 0.3) is 11.3 Å². The SMILES string of the molecule is Cc1nc(-c2ccc(NC(=S)NC(=O)c3ccccc3)cc2)cs1. The number of amides is 1. The van der Waals surface area contributed by atoms with Gasteiger partial charge in [-0.2, -0.15) is 0 Å². The molecule has 0 aliphatic rings. The molecule has 0 fully saturated rings. The summed E-state index contributed by atoms with van der Waals surface area (Å²) < 4.78 is 0. The quantitative estimate of drug-likeness (QED) is 0.691. The Hall–Kier alpha value is -2.57. The number of rotatable bonds is 3. The Morgan fingerprint density at radius 2 is 1.79 bits per heavy atom. The largest absolute Gasteiger partial charge is 0.332 e. The molecule has 1 aromatic heterocycles. The van der Waals surface area contributed by atoms with Crippen LogP contribution >= 0.6 is 23.6 Å². The number of carbonyl (C=O) groups excluding carboxylic acids is 1. The van der Waals surface area contributed by atoms with Gasteiger partial charge in [-0.25, -0.2) is 4.98 Å². The minimum atomic E-state index is -0.234. The predicted molar refractivity (Wildman–Crippen MR) is 102 cm³/mol. The lowest BCUT2D eigenvalue weighted by molar-refractivity contribution is 0.0977. The van der Waals surface area contributed by atoms with Crippen LogP contribution in [0.2, 0.25) is 0 Å². The van der Waals surface area contributed by atoms with E-state index in [1.807, 2.05) is 54.8 Å². The molecule has 0 bridgehead atoms. The standard InChI is InChI=1S/C18H15N3OS2/c1-12-19-16(11-24-12)13-7-9-15(10-8-13)20-18(23)21-17(22)14-5-3-2-4-6-14/h2-11H,1H3,(H2,20,21,22,23). The van der Waals surface area contributed by atoms with Gasteiger partial charge in [0.15, 0.2) is 5.11 Å². The van der Waals surface area contributed by atoms with E-state index in [0.29, 0.717) is 5.56 Å². The van der Waals surface area contributed by atoms with Crippen LogP contribution in [0.4, 0.5) is 5.69 Å². The van der Waals surface area contributed by atoms with E-state index in [4.69, 9.17) is 12.2 Å². The number of aromatic nitrogens is 1. The molecule has 3 rings (SSSR count). The summed E-state index contributed by atoms with van der Waals surface area (Å²) in [7, 11) is 0. The van der Waals surface area contributed by atoms with Crippen LogP contribution in [0.5, 0.6) is 0 Å². The first-order valence-electron chi connectivity index (χ1n) is 7.32. The van der Waals surface area contributed by atoms with Crippen molar-refractivity contribution in [2.45, 2.75) is 6.92 Å². The van der Waals surface area contributed by atoms with Crippen LogP contribution in [0.15, 0.2) is 60.0 Å². The van der Waals surface area contributed by atoms with Crippen molar-refractivity contribution < 1.29 is 4.79 Å². The van der Waals surface area contributed by atoms with Gasteiger partial charge in [0, 0.05) is 22.2 Å². The van der Waals surface area contributed by atoms with Crippen LogP contribution in [-0.2, 0) is 0 Å². The molecule has 0 spiro atoms. The normalized spacial score (nSPS) is 10.2. The molecule has 2 N–H and O–H groups in total. The summed E-state index contributed by atoms with van der Waals surface area (Å²) in [6, 6.07) is 16.7. The highest BCUT2D eigenvalue weighted by molar-refractivity contribution is 7.80. The Labute approximate surface area is 149 Å². The number of anilines is 1. The second-order valence-corrected chi connectivity index (χ2v) is 6.57. The fourth-order valence-electron chi connectivity index (χ4n) is 2.15. The molecule has 1 heterocycles. The molecular weight excluding hydrogens is 338 g/mol. The van der Waals surface area contributed by atoms with Crippen molar-refractivity contribution in [3.8, 4) is 11.3 Å². The fourth-order valence-corrected chi connectivity index (χ4v) is 2.98. The molecule has 0 aliphatic heterocycles. The Morgan fingerprint density at radius 3 is 2.42 bits per heavy atom. The molecule has 24 heavy (non-hydrogen) atoms. The lowest BCUT2D eigenvalue weighted by Crippen LogP contribution is -2.34. The second-order valence-electron chi connectivity index (χ2n) is 5.10. The molecule has 0 saturated carbocycles. The maximum atomic E-state index is 12.0. The van der Waals surface area contributed by atoms with E-state index >= 15 is 0 Å². The highest BCUT2D eigenvalue weighted by Gasteiger charge is 2.07. The molecule has 0 unspecified atom stereocenters. The van der Waals surface area contributed by atoms with Crippen molar-refractivity contribution in [1.29, 1.82) is 0 Å². The van der Waals surface area contributed by atoms with Crippen LogP contribution in [0, 0.1) is 6.92 Å². The van der Waals surface area contributed by atoms with Crippen molar-refractivity contribution in [3.63, 3.8) is 0 Å². The average molecular weight is 353 g/mol. The molecule has 120 valence electrons. The van der Waals surface area contributed by atoms with Gasteiger partial charge in [-0.05, 0) is 43.4 Å². The summed E-state index contributed by atoms with van der Waals surface area (Å²) in [4.78, 5) is 16.5. The molecular formula is C18H15N3OS2. The molecule has 1 amide bonds. The van der Waals surface area contributed by atoms with Gasteiger partial charge in [0.2, 0.25) is 0 Å². The number of thiazole rings is 1. The predicted octanol–water partition coefficient (Wildman–Crippen LogP) is 4.25. The molecule has 6 heteroatoms.